The third-order valence-corrected chi connectivity index (χ3v) is 3.53. The van der Waals surface area contributed by atoms with E-state index in [0.29, 0.717) is 18.4 Å². The summed E-state index contributed by atoms with van der Waals surface area (Å²) >= 11 is 3.26. The van der Waals surface area contributed by atoms with Crippen LogP contribution in [0.15, 0.2) is 22.7 Å². The highest BCUT2D eigenvalue weighted by atomic mass is 79.9. The highest BCUT2D eigenvalue weighted by Gasteiger charge is 2.54. The Morgan fingerprint density at radius 2 is 2.06 bits per heavy atom. The molecule has 1 aromatic carbocycles. The Labute approximate surface area is 101 Å². The Balaban J connectivity index is 2.44. The Morgan fingerprint density at radius 3 is 2.56 bits per heavy atom. The highest BCUT2D eigenvalue weighted by molar-refractivity contribution is 9.10. The molecule has 1 aliphatic carbocycles. The van der Waals surface area contributed by atoms with Crippen LogP contribution in [0.2, 0.25) is 0 Å². The second-order valence-corrected chi connectivity index (χ2v) is 4.97. The standard InChI is InChI=1S/C11H11BrO4/c12-6-1-2-8(13)7(5-6)11(3-4-11)9(14)10(15)16/h1-2,5,9,13-14H,3-4H2,(H,15,16). The molecule has 0 saturated heterocycles. The number of phenols is 1. The van der Waals surface area contributed by atoms with Crippen LogP contribution in [-0.2, 0) is 10.2 Å². The van der Waals surface area contributed by atoms with Gasteiger partial charge in [0.05, 0.1) is 0 Å². The molecule has 0 radical (unpaired) electrons. The molecule has 4 nitrogen and oxygen atoms in total. The maximum absolute atomic E-state index is 10.8. The van der Waals surface area contributed by atoms with Gasteiger partial charge in [-0.2, -0.15) is 0 Å². The predicted molar refractivity (Wildman–Crippen MR) is 60.4 cm³/mol. The van der Waals surface area contributed by atoms with Gasteiger partial charge in [-0.3, -0.25) is 0 Å². The van der Waals surface area contributed by atoms with Crippen molar-refractivity contribution in [2.75, 3.05) is 0 Å². The van der Waals surface area contributed by atoms with Crippen molar-refractivity contribution in [1.29, 1.82) is 0 Å². The molecular weight excluding hydrogens is 276 g/mol. The number of carboxylic acids is 1. The average Bonchev–Trinajstić information content (AvgIpc) is 3.01. The summed E-state index contributed by atoms with van der Waals surface area (Å²) in [7, 11) is 0. The first kappa shape index (κ1) is 11.4. The summed E-state index contributed by atoms with van der Waals surface area (Å²) < 4.78 is 0.754. The van der Waals surface area contributed by atoms with Crippen molar-refractivity contribution >= 4 is 21.9 Å². The zero-order chi connectivity index (χ0) is 11.9. The SMILES string of the molecule is O=C(O)C(O)C1(c2cc(Br)ccc2O)CC1. The topological polar surface area (TPSA) is 77.8 Å². The molecular formula is C11H11BrO4. The maximum Gasteiger partial charge on any atom is 0.333 e. The van der Waals surface area contributed by atoms with E-state index in [4.69, 9.17) is 5.11 Å². The lowest BCUT2D eigenvalue weighted by Gasteiger charge is -2.20. The molecule has 0 aliphatic heterocycles. The first-order valence-electron chi connectivity index (χ1n) is 4.87. The second-order valence-electron chi connectivity index (χ2n) is 4.06. The summed E-state index contributed by atoms with van der Waals surface area (Å²) in [5.41, 5.74) is -0.323. The van der Waals surface area contributed by atoms with Crippen molar-refractivity contribution in [3.63, 3.8) is 0 Å². The van der Waals surface area contributed by atoms with Crippen LogP contribution in [0.3, 0.4) is 0 Å². The molecule has 86 valence electrons. The largest absolute Gasteiger partial charge is 0.508 e. The fraction of sp³-hybridized carbons (Fsp3) is 0.364. The summed E-state index contributed by atoms with van der Waals surface area (Å²) in [6.45, 7) is 0. The molecule has 1 unspecified atom stereocenters. The number of aliphatic carboxylic acids is 1. The van der Waals surface area contributed by atoms with Gasteiger partial charge in [0.25, 0.3) is 0 Å². The van der Waals surface area contributed by atoms with Crippen molar-refractivity contribution in [3.05, 3.63) is 28.2 Å². The van der Waals surface area contributed by atoms with Crippen molar-refractivity contribution in [3.8, 4) is 5.75 Å². The van der Waals surface area contributed by atoms with Crippen LogP contribution in [0, 0.1) is 0 Å². The van der Waals surface area contributed by atoms with E-state index in [9.17, 15) is 15.0 Å². The smallest absolute Gasteiger partial charge is 0.333 e. The number of hydrogen-bond donors (Lipinski definition) is 3. The lowest BCUT2D eigenvalue weighted by molar-refractivity contribution is -0.148. The molecule has 5 heteroatoms. The van der Waals surface area contributed by atoms with Gasteiger partial charge >= 0.3 is 5.97 Å². The summed E-state index contributed by atoms with van der Waals surface area (Å²) in [6.07, 6.45) is -0.317. The van der Waals surface area contributed by atoms with Gasteiger partial charge in [-0.05, 0) is 31.0 Å². The zero-order valence-corrected chi connectivity index (χ0v) is 9.94. The van der Waals surface area contributed by atoms with E-state index in [2.05, 4.69) is 15.9 Å². The number of carboxylic acid groups (broad SMARTS) is 1. The number of carbonyl (C=O) groups is 1. The normalized spacial score (nSPS) is 19.1. The van der Waals surface area contributed by atoms with Crippen LogP contribution < -0.4 is 0 Å². The van der Waals surface area contributed by atoms with Crippen molar-refractivity contribution < 1.29 is 20.1 Å². The predicted octanol–water partition coefficient (Wildman–Crippen LogP) is 1.63. The highest BCUT2D eigenvalue weighted by Crippen LogP contribution is 2.54. The molecule has 0 spiro atoms. The lowest BCUT2D eigenvalue weighted by Crippen LogP contribution is -2.33. The molecule has 0 aromatic heterocycles. The molecule has 1 atom stereocenters. The molecule has 3 N–H and O–H groups in total. The summed E-state index contributed by atoms with van der Waals surface area (Å²) in [5.74, 6) is -1.22. The molecule has 0 amide bonds. The van der Waals surface area contributed by atoms with E-state index in [-0.39, 0.29) is 5.75 Å². The number of aliphatic hydroxyl groups excluding tert-OH is 1. The van der Waals surface area contributed by atoms with E-state index in [0.717, 1.165) is 4.47 Å². The van der Waals surface area contributed by atoms with Gasteiger partial charge in [-0.1, -0.05) is 15.9 Å². The molecule has 1 aromatic rings. The lowest BCUT2D eigenvalue weighted by atomic mass is 9.89. The molecule has 1 saturated carbocycles. The van der Waals surface area contributed by atoms with Gasteiger partial charge in [0.1, 0.15) is 5.75 Å². The maximum atomic E-state index is 10.8. The van der Waals surface area contributed by atoms with E-state index in [1.54, 1.807) is 12.1 Å². The van der Waals surface area contributed by atoms with Crippen LogP contribution in [0.1, 0.15) is 18.4 Å². The fourth-order valence-electron chi connectivity index (χ4n) is 1.97. The Kier molecular flexibility index (Phi) is 2.67. The number of benzene rings is 1. The Bertz CT molecular complexity index is 440. The van der Waals surface area contributed by atoms with Gasteiger partial charge < -0.3 is 15.3 Å². The Morgan fingerprint density at radius 1 is 1.44 bits per heavy atom. The van der Waals surface area contributed by atoms with Crippen molar-refractivity contribution in [2.24, 2.45) is 0 Å². The number of rotatable bonds is 3. The first-order chi connectivity index (χ1) is 7.47. The van der Waals surface area contributed by atoms with E-state index in [1.807, 2.05) is 0 Å². The Hall–Kier alpha value is -1.07. The van der Waals surface area contributed by atoms with Gasteiger partial charge in [0.2, 0.25) is 0 Å². The van der Waals surface area contributed by atoms with Crippen molar-refractivity contribution in [2.45, 2.75) is 24.4 Å². The van der Waals surface area contributed by atoms with Crippen LogP contribution in [-0.4, -0.2) is 27.4 Å². The van der Waals surface area contributed by atoms with Gasteiger partial charge in [0.15, 0.2) is 6.10 Å². The van der Waals surface area contributed by atoms with Crippen LogP contribution in [0.25, 0.3) is 0 Å². The van der Waals surface area contributed by atoms with Crippen molar-refractivity contribution in [1.82, 2.24) is 0 Å². The number of aliphatic hydroxyl groups is 1. The minimum atomic E-state index is -1.47. The molecule has 2 rings (SSSR count). The van der Waals surface area contributed by atoms with E-state index >= 15 is 0 Å². The van der Waals surface area contributed by atoms with Crippen LogP contribution in [0.5, 0.6) is 5.75 Å². The summed E-state index contributed by atoms with van der Waals surface area (Å²) in [4.78, 5) is 10.8. The van der Waals surface area contributed by atoms with Gasteiger partial charge in [0, 0.05) is 15.5 Å². The second kappa shape index (κ2) is 3.75. The van der Waals surface area contributed by atoms with E-state index < -0.39 is 17.5 Å². The monoisotopic (exact) mass is 286 g/mol. The number of hydrogen-bond acceptors (Lipinski definition) is 3. The fourth-order valence-corrected chi connectivity index (χ4v) is 2.33. The minimum Gasteiger partial charge on any atom is -0.508 e. The molecule has 1 fully saturated rings. The summed E-state index contributed by atoms with van der Waals surface area (Å²) in [5, 5.41) is 28.2. The van der Waals surface area contributed by atoms with Gasteiger partial charge in [-0.15, -0.1) is 0 Å². The average molecular weight is 287 g/mol. The number of aromatic hydroxyl groups is 1. The number of halogens is 1. The van der Waals surface area contributed by atoms with Gasteiger partial charge in [-0.25, -0.2) is 4.79 Å². The summed E-state index contributed by atoms with van der Waals surface area (Å²) in [6, 6.07) is 4.82. The first-order valence-corrected chi connectivity index (χ1v) is 5.66. The molecule has 0 bridgehead atoms. The molecule has 16 heavy (non-hydrogen) atoms. The van der Waals surface area contributed by atoms with Crippen LogP contribution >= 0.6 is 15.9 Å². The third kappa shape index (κ3) is 1.70. The number of phenolic OH excluding ortho intramolecular Hbond substituents is 1. The van der Waals surface area contributed by atoms with Crippen LogP contribution in [0.4, 0.5) is 0 Å². The third-order valence-electron chi connectivity index (χ3n) is 3.04. The molecule has 1 aliphatic rings. The zero-order valence-electron chi connectivity index (χ0n) is 8.35. The molecule has 0 heterocycles. The van der Waals surface area contributed by atoms with E-state index in [1.165, 1.54) is 6.07 Å². The quantitative estimate of drug-likeness (QED) is 0.789. The minimum absolute atomic E-state index is 0.0287.